The number of halogens is 1. The van der Waals surface area contributed by atoms with Gasteiger partial charge in [-0.2, -0.15) is 0 Å². The van der Waals surface area contributed by atoms with E-state index in [0.717, 1.165) is 22.0 Å². The minimum Gasteiger partial charge on any atom is -0.494 e. The lowest BCUT2D eigenvalue weighted by atomic mass is 10.1. The van der Waals surface area contributed by atoms with Gasteiger partial charge in [0.15, 0.2) is 0 Å². The number of nitrogens with zero attached hydrogens (tertiary/aromatic N) is 2. The van der Waals surface area contributed by atoms with Gasteiger partial charge in [0, 0.05) is 12.1 Å². The van der Waals surface area contributed by atoms with Crippen LogP contribution in [0, 0.1) is 5.82 Å². The van der Waals surface area contributed by atoms with E-state index in [-0.39, 0.29) is 23.0 Å². The summed E-state index contributed by atoms with van der Waals surface area (Å²) in [6.07, 6.45) is 0. The van der Waals surface area contributed by atoms with E-state index in [9.17, 15) is 22.4 Å². The quantitative estimate of drug-likeness (QED) is 0.360. The van der Waals surface area contributed by atoms with E-state index in [1.54, 1.807) is 6.92 Å². The van der Waals surface area contributed by atoms with Crippen LogP contribution in [-0.4, -0.2) is 49.9 Å². The normalized spacial score (nSPS) is 12.3. The molecule has 8 nitrogen and oxygen atoms in total. The Hall–Kier alpha value is -3.92. The fraction of sp³-hybridized carbons (Fsp3) is 0.333. The van der Waals surface area contributed by atoms with Crippen LogP contribution in [0.4, 0.5) is 10.1 Å². The maximum absolute atomic E-state index is 13.9. The fourth-order valence-corrected chi connectivity index (χ4v) is 5.39. The van der Waals surface area contributed by atoms with Crippen molar-refractivity contribution >= 4 is 27.5 Å². The van der Waals surface area contributed by atoms with Crippen molar-refractivity contribution in [1.82, 2.24) is 10.2 Å². The van der Waals surface area contributed by atoms with Crippen LogP contribution in [0.3, 0.4) is 0 Å². The highest BCUT2D eigenvalue weighted by Gasteiger charge is 2.33. The monoisotopic (exact) mass is 569 g/mol. The van der Waals surface area contributed by atoms with Crippen LogP contribution in [0.1, 0.15) is 40.2 Å². The third kappa shape index (κ3) is 8.05. The van der Waals surface area contributed by atoms with Crippen molar-refractivity contribution < 1.29 is 27.1 Å². The Balaban J connectivity index is 2.01. The molecule has 2 amide bonds. The second kappa shape index (κ2) is 13.0. The third-order valence-corrected chi connectivity index (χ3v) is 7.77. The van der Waals surface area contributed by atoms with Gasteiger partial charge in [0.2, 0.25) is 11.8 Å². The first-order valence-electron chi connectivity index (χ1n) is 13.0. The smallest absolute Gasteiger partial charge is 0.264 e. The molecule has 3 aromatic rings. The molecule has 0 saturated carbocycles. The largest absolute Gasteiger partial charge is 0.494 e. The molecule has 3 rings (SSSR count). The van der Waals surface area contributed by atoms with Gasteiger partial charge in [-0.3, -0.25) is 13.9 Å². The number of ether oxygens (including phenoxy) is 1. The molecule has 214 valence electrons. The molecule has 0 aliphatic rings. The summed E-state index contributed by atoms with van der Waals surface area (Å²) in [5.41, 5.74) is 0.341. The van der Waals surface area contributed by atoms with Crippen molar-refractivity contribution in [2.24, 2.45) is 0 Å². The Bertz CT molecular complexity index is 1390. The number of carbonyl (C=O) groups is 2. The number of hydrogen-bond donors (Lipinski definition) is 1. The van der Waals surface area contributed by atoms with E-state index in [0.29, 0.717) is 12.4 Å². The summed E-state index contributed by atoms with van der Waals surface area (Å²) in [7, 11) is -4.27. The molecule has 0 radical (unpaired) electrons. The van der Waals surface area contributed by atoms with Gasteiger partial charge < -0.3 is 15.0 Å². The molecule has 3 aromatic carbocycles. The van der Waals surface area contributed by atoms with Gasteiger partial charge >= 0.3 is 0 Å². The van der Waals surface area contributed by atoms with Crippen LogP contribution in [0.5, 0.6) is 5.75 Å². The Kier molecular flexibility index (Phi) is 9.92. The van der Waals surface area contributed by atoms with Crippen molar-refractivity contribution in [3.8, 4) is 5.75 Å². The summed E-state index contributed by atoms with van der Waals surface area (Å²) in [5, 5.41) is 2.88. The van der Waals surface area contributed by atoms with Gasteiger partial charge in [0.1, 0.15) is 24.2 Å². The van der Waals surface area contributed by atoms with E-state index in [1.807, 2.05) is 58.0 Å². The van der Waals surface area contributed by atoms with E-state index in [2.05, 4.69) is 5.32 Å². The number of nitrogens with one attached hydrogen (secondary N) is 1. The van der Waals surface area contributed by atoms with Crippen molar-refractivity contribution in [3.05, 3.63) is 90.2 Å². The van der Waals surface area contributed by atoms with Gasteiger partial charge in [-0.25, -0.2) is 12.8 Å². The average molecular weight is 570 g/mol. The summed E-state index contributed by atoms with van der Waals surface area (Å²) < 4.78 is 47.8. The Morgan fingerprint density at radius 2 is 1.55 bits per heavy atom. The Morgan fingerprint density at radius 1 is 0.950 bits per heavy atom. The highest BCUT2D eigenvalue weighted by Crippen LogP contribution is 2.26. The standard InChI is InChI=1S/C30H36FN3O5S/c1-6-39-26-16-18-27(19-17-26)40(37,38)34(25-14-12-24(31)13-15-25)21-28(35)33(20-23-10-8-7-9-11-23)22(2)29(36)32-30(3,4)5/h7-19,22H,6,20-21H2,1-5H3,(H,32,36). The van der Waals surface area contributed by atoms with Crippen LogP contribution >= 0.6 is 0 Å². The molecule has 0 aliphatic heterocycles. The second-order valence-corrected chi connectivity index (χ2v) is 12.2. The average Bonchev–Trinajstić information content (AvgIpc) is 2.90. The van der Waals surface area contributed by atoms with Gasteiger partial charge in [0.05, 0.1) is 17.2 Å². The first-order valence-corrected chi connectivity index (χ1v) is 14.4. The van der Waals surface area contributed by atoms with Gasteiger partial charge in [-0.05, 0) is 88.7 Å². The molecule has 1 N–H and O–H groups in total. The highest BCUT2D eigenvalue weighted by atomic mass is 32.2. The van der Waals surface area contributed by atoms with Crippen LogP contribution in [0.15, 0.2) is 83.8 Å². The highest BCUT2D eigenvalue weighted by molar-refractivity contribution is 7.92. The number of hydrogen-bond acceptors (Lipinski definition) is 5. The van der Waals surface area contributed by atoms with Crippen molar-refractivity contribution in [2.75, 3.05) is 17.5 Å². The molecule has 0 fully saturated rings. The summed E-state index contributed by atoms with van der Waals surface area (Å²) >= 11 is 0. The maximum Gasteiger partial charge on any atom is 0.264 e. The third-order valence-electron chi connectivity index (χ3n) is 5.98. The summed E-state index contributed by atoms with van der Waals surface area (Å²) in [4.78, 5) is 28.3. The first kappa shape index (κ1) is 30.6. The topological polar surface area (TPSA) is 96.0 Å². The van der Waals surface area contributed by atoms with E-state index in [1.165, 1.54) is 41.3 Å². The Labute approximate surface area is 235 Å². The number of sulfonamides is 1. The van der Waals surface area contributed by atoms with Gasteiger partial charge in [0.25, 0.3) is 10.0 Å². The lowest BCUT2D eigenvalue weighted by molar-refractivity contribution is -0.140. The SMILES string of the molecule is CCOc1ccc(S(=O)(=O)N(CC(=O)N(Cc2ccccc2)C(C)C(=O)NC(C)(C)C)c2ccc(F)cc2)cc1. The minimum absolute atomic E-state index is 0.0683. The van der Waals surface area contributed by atoms with E-state index in [4.69, 9.17) is 4.74 Å². The zero-order chi connectivity index (χ0) is 29.5. The summed E-state index contributed by atoms with van der Waals surface area (Å²) in [6.45, 7) is 8.81. The zero-order valence-corrected chi connectivity index (χ0v) is 24.2. The van der Waals surface area contributed by atoms with Crippen molar-refractivity contribution in [1.29, 1.82) is 0 Å². The second-order valence-electron chi connectivity index (χ2n) is 10.3. The van der Waals surface area contributed by atoms with Crippen LogP contribution < -0.4 is 14.4 Å². The predicted octanol–water partition coefficient (Wildman–Crippen LogP) is 4.75. The minimum atomic E-state index is -4.27. The number of anilines is 1. The molecular weight excluding hydrogens is 533 g/mol. The molecule has 40 heavy (non-hydrogen) atoms. The molecule has 0 aromatic heterocycles. The molecule has 0 spiro atoms. The van der Waals surface area contributed by atoms with Gasteiger partial charge in [-0.15, -0.1) is 0 Å². The molecule has 0 bridgehead atoms. The maximum atomic E-state index is 13.9. The molecule has 0 aliphatic carbocycles. The molecule has 10 heteroatoms. The number of rotatable bonds is 11. The fourth-order valence-electron chi connectivity index (χ4n) is 3.97. The molecule has 1 unspecified atom stereocenters. The zero-order valence-electron chi connectivity index (χ0n) is 23.4. The van der Waals surface area contributed by atoms with E-state index >= 15 is 0 Å². The summed E-state index contributed by atoms with van der Waals surface area (Å²) in [5.74, 6) is -1.02. The lowest BCUT2D eigenvalue weighted by Crippen LogP contribution is -2.54. The molecular formula is C30H36FN3O5S. The predicted molar refractivity (Wildman–Crippen MR) is 153 cm³/mol. The van der Waals surface area contributed by atoms with Crippen LogP contribution in [0.2, 0.25) is 0 Å². The van der Waals surface area contributed by atoms with Crippen molar-refractivity contribution in [3.63, 3.8) is 0 Å². The molecule has 1 atom stereocenters. The number of benzene rings is 3. The van der Waals surface area contributed by atoms with Crippen LogP contribution in [0.25, 0.3) is 0 Å². The number of amides is 2. The van der Waals surface area contributed by atoms with Gasteiger partial charge in [-0.1, -0.05) is 30.3 Å². The molecule has 0 heterocycles. The van der Waals surface area contributed by atoms with Crippen LogP contribution in [-0.2, 0) is 26.2 Å². The number of carbonyl (C=O) groups excluding carboxylic acids is 2. The van der Waals surface area contributed by atoms with E-state index < -0.39 is 39.9 Å². The lowest BCUT2D eigenvalue weighted by Gasteiger charge is -2.33. The molecule has 0 saturated heterocycles. The first-order chi connectivity index (χ1) is 18.8. The summed E-state index contributed by atoms with van der Waals surface area (Å²) in [6, 6.07) is 18.9. The Morgan fingerprint density at radius 3 is 2.10 bits per heavy atom. The van der Waals surface area contributed by atoms with Crippen molar-refractivity contribution in [2.45, 2.75) is 57.6 Å².